The van der Waals surface area contributed by atoms with Crippen LogP contribution in [0.25, 0.3) is 0 Å². The highest BCUT2D eigenvalue weighted by atomic mass is 16.6. The van der Waals surface area contributed by atoms with Crippen LogP contribution in [-0.2, 0) is 4.84 Å². The van der Waals surface area contributed by atoms with Gasteiger partial charge in [-0.05, 0) is 5.41 Å². The average molecular weight is 114 g/mol. The first kappa shape index (κ1) is 7.47. The van der Waals surface area contributed by atoms with E-state index in [-0.39, 0.29) is 5.41 Å². The maximum atomic E-state index is 4.74. The number of rotatable bonds is 2. The van der Waals surface area contributed by atoms with E-state index in [1.807, 2.05) is 0 Å². The lowest BCUT2D eigenvalue weighted by molar-refractivity contribution is 0.0790. The van der Waals surface area contributed by atoms with Crippen molar-refractivity contribution in [1.29, 1.82) is 0 Å². The van der Waals surface area contributed by atoms with Crippen LogP contribution in [0.3, 0.4) is 0 Å². The molecule has 0 fully saturated rings. The molecule has 0 aliphatic heterocycles. The van der Waals surface area contributed by atoms with Crippen LogP contribution in [0.5, 0.6) is 0 Å². The monoisotopic (exact) mass is 114 g/mol. The minimum absolute atomic E-state index is 0.156. The van der Waals surface area contributed by atoms with Crippen molar-refractivity contribution in [2.75, 3.05) is 6.61 Å². The summed E-state index contributed by atoms with van der Waals surface area (Å²) < 4.78 is 0. The second-order valence-electron chi connectivity index (χ2n) is 2.94. The third kappa shape index (κ3) is 5.47. The molecule has 0 atom stereocenters. The summed E-state index contributed by atoms with van der Waals surface area (Å²) in [6.07, 6.45) is 0. The molecule has 47 valence electrons. The average Bonchev–Trinajstić information content (AvgIpc) is 1.59. The topological polar surface area (TPSA) is 21.6 Å². The van der Waals surface area contributed by atoms with Crippen LogP contribution in [0.1, 0.15) is 20.8 Å². The predicted octanol–water partition coefficient (Wildman–Crippen LogP) is 1.54. The number of hydrogen-bond acceptors (Lipinski definition) is 2. The molecule has 0 heterocycles. The van der Waals surface area contributed by atoms with Gasteiger partial charge in [0.2, 0.25) is 0 Å². The molecule has 8 heavy (non-hydrogen) atoms. The van der Waals surface area contributed by atoms with Crippen LogP contribution in [0.4, 0.5) is 0 Å². The van der Waals surface area contributed by atoms with Crippen LogP contribution in [0.2, 0.25) is 0 Å². The van der Waals surface area contributed by atoms with E-state index in [4.69, 9.17) is 6.72 Å². The van der Waals surface area contributed by atoms with Crippen molar-refractivity contribution < 1.29 is 4.84 Å². The smallest absolute Gasteiger partial charge is 0.122 e. The van der Waals surface area contributed by atoms with E-state index in [1.54, 1.807) is 0 Å². The molecule has 0 spiro atoms. The maximum absolute atomic E-state index is 4.74. The summed E-state index contributed by atoms with van der Waals surface area (Å²) in [6.45, 7) is 11.5. The molecule has 0 amide bonds. The fourth-order valence-corrected chi connectivity index (χ4v) is 0.231. The number of nitrogens with zero attached hydrogens (tertiary/aromatic N) is 1. The Kier molecular flexibility index (Phi) is 2.52. The van der Waals surface area contributed by atoms with Crippen LogP contribution in [0, 0.1) is 5.41 Å². The molecule has 0 N–H and O–H groups in total. The molecule has 0 aromatic heterocycles. The Balaban J connectivity index is 3.24. The molecule has 0 bridgehead atoms. The molecular formula is C6H12NO. The molecule has 0 saturated heterocycles. The van der Waals surface area contributed by atoms with Gasteiger partial charge in [-0.25, -0.2) is 0 Å². The summed E-state index contributed by atoms with van der Waals surface area (Å²) in [5.74, 6) is 0. The summed E-state index contributed by atoms with van der Waals surface area (Å²) >= 11 is 0. The predicted molar refractivity (Wildman–Crippen MR) is 33.9 cm³/mol. The van der Waals surface area contributed by atoms with E-state index in [1.165, 1.54) is 0 Å². The van der Waals surface area contributed by atoms with Crippen molar-refractivity contribution in [1.82, 2.24) is 0 Å². The van der Waals surface area contributed by atoms with E-state index >= 15 is 0 Å². The number of hydrogen-bond donors (Lipinski definition) is 0. The van der Waals surface area contributed by atoms with Gasteiger partial charge in [0.25, 0.3) is 0 Å². The molecule has 1 radical (unpaired) electrons. The quantitative estimate of drug-likeness (QED) is 0.394. The van der Waals surface area contributed by atoms with Crippen molar-refractivity contribution >= 4 is 6.72 Å². The minimum Gasteiger partial charge on any atom is -0.395 e. The lowest BCUT2D eigenvalue weighted by Gasteiger charge is -2.14. The Labute approximate surface area is 50.5 Å². The van der Waals surface area contributed by atoms with Crippen molar-refractivity contribution in [2.45, 2.75) is 20.8 Å². The van der Waals surface area contributed by atoms with E-state index in [0.717, 1.165) is 0 Å². The first-order valence-corrected chi connectivity index (χ1v) is 2.58. The molecule has 0 aliphatic rings. The van der Waals surface area contributed by atoms with Gasteiger partial charge in [-0.1, -0.05) is 25.9 Å². The van der Waals surface area contributed by atoms with Gasteiger partial charge < -0.3 is 4.84 Å². The summed E-state index contributed by atoms with van der Waals surface area (Å²) in [7, 11) is 0. The Bertz CT molecular complexity index is 73.1. The first-order valence-electron chi connectivity index (χ1n) is 2.58. The molecule has 2 nitrogen and oxygen atoms in total. The van der Waals surface area contributed by atoms with Gasteiger partial charge in [0.05, 0.1) is 6.72 Å². The Morgan fingerprint density at radius 3 is 2.12 bits per heavy atom. The molecule has 2 heteroatoms. The third-order valence-corrected chi connectivity index (χ3v) is 0.572. The van der Waals surface area contributed by atoms with Gasteiger partial charge in [0, 0.05) is 0 Å². The van der Waals surface area contributed by atoms with Crippen molar-refractivity contribution in [3.63, 3.8) is 0 Å². The fourth-order valence-electron chi connectivity index (χ4n) is 0.231. The Morgan fingerprint density at radius 1 is 1.50 bits per heavy atom. The van der Waals surface area contributed by atoms with Crippen molar-refractivity contribution in [3.8, 4) is 0 Å². The van der Waals surface area contributed by atoms with Crippen LogP contribution in [0.15, 0.2) is 5.16 Å². The first-order chi connectivity index (χ1) is 3.56. The van der Waals surface area contributed by atoms with Crippen LogP contribution < -0.4 is 0 Å². The summed E-state index contributed by atoms with van der Waals surface area (Å²) in [5, 5.41) is 3.02. The van der Waals surface area contributed by atoms with Crippen LogP contribution in [-0.4, -0.2) is 13.3 Å². The highest BCUT2D eigenvalue weighted by Gasteiger charge is 2.09. The second-order valence-corrected chi connectivity index (χ2v) is 2.94. The Morgan fingerprint density at radius 2 is 2.00 bits per heavy atom. The SMILES string of the molecule is [CH]=NOCC(C)(C)C. The summed E-state index contributed by atoms with van der Waals surface area (Å²) in [6, 6.07) is 0. The molecular weight excluding hydrogens is 102 g/mol. The van der Waals surface area contributed by atoms with E-state index in [2.05, 4.69) is 30.8 Å². The van der Waals surface area contributed by atoms with E-state index < -0.39 is 0 Å². The van der Waals surface area contributed by atoms with E-state index in [9.17, 15) is 0 Å². The normalized spacial score (nSPS) is 10.9. The summed E-state index contributed by atoms with van der Waals surface area (Å²) in [5.41, 5.74) is 0.156. The zero-order chi connectivity index (χ0) is 6.62. The molecule has 0 unspecified atom stereocenters. The molecule has 0 rings (SSSR count). The highest BCUT2D eigenvalue weighted by Crippen LogP contribution is 2.12. The van der Waals surface area contributed by atoms with Gasteiger partial charge >= 0.3 is 0 Å². The molecule has 0 saturated carbocycles. The van der Waals surface area contributed by atoms with Gasteiger partial charge in [0.15, 0.2) is 0 Å². The zero-order valence-electron chi connectivity index (χ0n) is 5.64. The maximum Gasteiger partial charge on any atom is 0.122 e. The van der Waals surface area contributed by atoms with Crippen molar-refractivity contribution in [3.05, 3.63) is 0 Å². The van der Waals surface area contributed by atoms with Gasteiger partial charge in [-0.3, -0.25) is 0 Å². The van der Waals surface area contributed by atoms with Crippen molar-refractivity contribution in [2.24, 2.45) is 10.6 Å². The standard InChI is InChI=1S/C6H12NO/c1-6(2,3)5-8-7-4/h4H,5H2,1-3H3. The van der Waals surface area contributed by atoms with Crippen LogP contribution >= 0.6 is 0 Å². The van der Waals surface area contributed by atoms with Gasteiger partial charge in [0.1, 0.15) is 6.61 Å². The lowest BCUT2D eigenvalue weighted by atomic mass is 9.99. The van der Waals surface area contributed by atoms with Gasteiger partial charge in [-0.2, -0.15) is 0 Å². The zero-order valence-corrected chi connectivity index (χ0v) is 5.64. The minimum atomic E-state index is 0.156. The highest BCUT2D eigenvalue weighted by molar-refractivity contribution is 5.21. The molecule has 0 aromatic rings. The summed E-state index contributed by atoms with van der Waals surface area (Å²) in [4.78, 5) is 4.60. The Hall–Kier alpha value is -0.530. The van der Waals surface area contributed by atoms with E-state index in [0.29, 0.717) is 6.61 Å². The second kappa shape index (κ2) is 2.70. The third-order valence-electron chi connectivity index (χ3n) is 0.572. The lowest BCUT2D eigenvalue weighted by Crippen LogP contribution is -2.11. The largest absolute Gasteiger partial charge is 0.395 e. The molecule has 0 aromatic carbocycles. The van der Waals surface area contributed by atoms with Gasteiger partial charge in [-0.15, -0.1) is 0 Å². The molecule has 0 aliphatic carbocycles. The fraction of sp³-hybridized carbons (Fsp3) is 0.833.